The molecule has 4 heterocycles. The second kappa shape index (κ2) is 8.69. The number of piperazine rings is 1. The molecule has 6 rings (SSSR count). The van der Waals surface area contributed by atoms with Gasteiger partial charge in [0.05, 0.1) is 38.8 Å². The van der Waals surface area contributed by atoms with Crippen LogP contribution in [-0.2, 0) is 16.6 Å². The van der Waals surface area contributed by atoms with Crippen LogP contribution in [0.5, 0.6) is 0 Å². The highest BCUT2D eigenvalue weighted by Gasteiger charge is 2.53. The van der Waals surface area contributed by atoms with Crippen LogP contribution < -0.4 is 9.80 Å². The Hall–Kier alpha value is -3.19. The molecule has 2 aliphatic rings. The van der Waals surface area contributed by atoms with E-state index in [0.717, 1.165) is 32.2 Å². The van der Waals surface area contributed by atoms with E-state index < -0.39 is 22.4 Å². The van der Waals surface area contributed by atoms with Crippen molar-refractivity contribution in [3.63, 3.8) is 0 Å². The molecular weight excluding hydrogens is 521 g/mol. The van der Waals surface area contributed by atoms with Gasteiger partial charge in [-0.25, -0.2) is 32.9 Å². The standard InChI is InChI=1S/C23H20BClF2N8OS/c1-22(24,27)20-28-11-15(12-29-20)37(36)35-17-4-2-3-16(25)18(17)19(32-35)34-8-7-33(13-23(34)5-6-23)21-30-9-14(26)10-31-21/h2-4,9-12H,5-8,13H2,1H3. The second-order valence-corrected chi connectivity index (χ2v) is 11.1. The van der Waals surface area contributed by atoms with Gasteiger partial charge in [-0.15, -0.1) is 5.10 Å². The Kier molecular flexibility index (Phi) is 5.68. The molecule has 188 valence electrons. The summed E-state index contributed by atoms with van der Waals surface area (Å²) >= 11 is 6.64. The lowest BCUT2D eigenvalue weighted by molar-refractivity contribution is 0.295. The third kappa shape index (κ3) is 4.23. The van der Waals surface area contributed by atoms with Gasteiger partial charge in [-0.1, -0.05) is 17.7 Å². The van der Waals surface area contributed by atoms with Crippen LogP contribution in [0.15, 0.2) is 47.9 Å². The maximum Gasteiger partial charge on any atom is 0.225 e. The number of nitrogens with zero attached hydrogens (tertiary/aromatic N) is 8. The van der Waals surface area contributed by atoms with Gasteiger partial charge >= 0.3 is 0 Å². The summed E-state index contributed by atoms with van der Waals surface area (Å²) in [7, 11) is 3.60. The molecule has 1 spiro atoms. The molecule has 14 heteroatoms. The van der Waals surface area contributed by atoms with E-state index in [4.69, 9.17) is 24.5 Å². The highest BCUT2D eigenvalue weighted by atomic mass is 35.5. The van der Waals surface area contributed by atoms with Crippen LogP contribution in [-0.4, -0.2) is 66.4 Å². The first-order valence-electron chi connectivity index (χ1n) is 11.6. The Labute approximate surface area is 219 Å². The molecule has 0 bridgehead atoms. The zero-order valence-corrected chi connectivity index (χ0v) is 21.3. The van der Waals surface area contributed by atoms with Crippen LogP contribution in [0, 0.1) is 5.82 Å². The molecule has 0 N–H and O–H groups in total. The molecular formula is C23H20BClF2N8OS. The first kappa shape index (κ1) is 24.2. The minimum atomic E-state index is -2.21. The van der Waals surface area contributed by atoms with E-state index in [1.807, 2.05) is 4.90 Å². The van der Waals surface area contributed by atoms with Crippen LogP contribution in [0.25, 0.3) is 10.9 Å². The molecule has 2 atom stereocenters. The Morgan fingerprint density at radius 3 is 2.46 bits per heavy atom. The summed E-state index contributed by atoms with van der Waals surface area (Å²) in [5, 5.41) is 5.94. The first-order valence-corrected chi connectivity index (χ1v) is 13.0. The number of benzene rings is 1. The number of anilines is 2. The molecule has 2 radical (unpaired) electrons. The molecule has 1 aliphatic heterocycles. The van der Waals surface area contributed by atoms with Crippen molar-refractivity contribution >= 4 is 53.1 Å². The van der Waals surface area contributed by atoms with Gasteiger partial charge in [0, 0.05) is 32.0 Å². The predicted molar refractivity (Wildman–Crippen MR) is 136 cm³/mol. The quantitative estimate of drug-likeness (QED) is 0.357. The Balaban J connectivity index is 1.36. The number of fused-ring (bicyclic) bond motifs is 1. The average molecular weight is 541 g/mol. The molecule has 37 heavy (non-hydrogen) atoms. The summed E-state index contributed by atoms with van der Waals surface area (Å²) in [6, 6.07) is 5.33. The lowest BCUT2D eigenvalue weighted by Crippen LogP contribution is -2.56. The topological polar surface area (TPSA) is 92.9 Å². The fourth-order valence-corrected chi connectivity index (χ4v) is 5.90. The third-order valence-electron chi connectivity index (χ3n) is 6.65. The molecule has 0 amide bonds. The summed E-state index contributed by atoms with van der Waals surface area (Å²) in [5.41, 5.74) is -1.85. The Bertz CT molecular complexity index is 1510. The van der Waals surface area contributed by atoms with E-state index in [1.165, 1.54) is 16.5 Å². The van der Waals surface area contributed by atoms with Crippen LogP contribution in [0.4, 0.5) is 20.5 Å². The highest BCUT2D eigenvalue weighted by Crippen LogP contribution is 2.48. The fraction of sp³-hybridized carbons (Fsp3) is 0.348. The van der Waals surface area contributed by atoms with E-state index >= 15 is 0 Å². The van der Waals surface area contributed by atoms with Crippen LogP contribution in [0.3, 0.4) is 0 Å². The lowest BCUT2D eigenvalue weighted by atomic mass is 9.85. The summed E-state index contributed by atoms with van der Waals surface area (Å²) in [6.07, 6.45) is 6.73. The molecule has 2 fully saturated rings. The van der Waals surface area contributed by atoms with E-state index in [0.29, 0.717) is 47.3 Å². The fourth-order valence-electron chi connectivity index (χ4n) is 4.68. The monoisotopic (exact) mass is 540 g/mol. The number of rotatable bonds is 5. The number of halogens is 3. The average Bonchev–Trinajstić information content (AvgIpc) is 3.52. The molecule has 4 aromatic rings. The number of hydrogen-bond donors (Lipinski definition) is 0. The molecule has 1 saturated carbocycles. The lowest BCUT2D eigenvalue weighted by Gasteiger charge is -2.42. The maximum atomic E-state index is 14.0. The SMILES string of the molecule is [B]C(C)(F)c1ncc(S(=O)n2nc(N3CCN(c4ncc(F)cn4)CC34CC4)c3c(Cl)cccc32)cn1. The summed E-state index contributed by atoms with van der Waals surface area (Å²) < 4.78 is 42.2. The number of alkyl halides is 1. The van der Waals surface area contributed by atoms with E-state index in [2.05, 4.69) is 24.8 Å². The second-order valence-electron chi connectivity index (χ2n) is 9.40. The number of hydrogen-bond acceptors (Lipinski definition) is 8. The van der Waals surface area contributed by atoms with Gasteiger partial charge in [0.1, 0.15) is 13.4 Å². The smallest absolute Gasteiger partial charge is 0.225 e. The first-order chi connectivity index (χ1) is 17.7. The van der Waals surface area contributed by atoms with Gasteiger partial charge in [-0.3, -0.25) is 0 Å². The van der Waals surface area contributed by atoms with Gasteiger partial charge in [0.2, 0.25) is 5.95 Å². The molecule has 3 aromatic heterocycles. The minimum absolute atomic E-state index is 0.207. The highest BCUT2D eigenvalue weighted by molar-refractivity contribution is 7.83. The minimum Gasteiger partial charge on any atom is -0.345 e. The summed E-state index contributed by atoms with van der Waals surface area (Å²) in [5.74, 6) is 0.417. The van der Waals surface area contributed by atoms with Gasteiger partial charge in [0.15, 0.2) is 28.4 Å². The van der Waals surface area contributed by atoms with Crippen molar-refractivity contribution in [1.82, 2.24) is 29.1 Å². The van der Waals surface area contributed by atoms with Crippen molar-refractivity contribution in [2.45, 2.75) is 35.8 Å². The van der Waals surface area contributed by atoms with Crippen molar-refractivity contribution in [3.8, 4) is 0 Å². The van der Waals surface area contributed by atoms with Gasteiger partial charge in [0.25, 0.3) is 0 Å². The Morgan fingerprint density at radius 2 is 1.81 bits per heavy atom. The zero-order valence-electron chi connectivity index (χ0n) is 19.7. The summed E-state index contributed by atoms with van der Waals surface area (Å²) in [6.45, 7) is 2.96. The summed E-state index contributed by atoms with van der Waals surface area (Å²) in [4.78, 5) is 20.6. The molecule has 1 saturated heterocycles. The van der Waals surface area contributed by atoms with Crippen LogP contribution in [0.1, 0.15) is 25.6 Å². The van der Waals surface area contributed by atoms with Crippen LogP contribution >= 0.6 is 11.6 Å². The largest absolute Gasteiger partial charge is 0.345 e. The van der Waals surface area contributed by atoms with E-state index in [1.54, 1.807) is 18.2 Å². The van der Waals surface area contributed by atoms with Crippen molar-refractivity contribution in [2.24, 2.45) is 0 Å². The molecule has 9 nitrogen and oxygen atoms in total. The molecule has 1 aromatic carbocycles. The molecule has 1 aliphatic carbocycles. The van der Waals surface area contributed by atoms with Crippen LogP contribution in [0.2, 0.25) is 5.02 Å². The number of aromatic nitrogens is 6. The normalized spacial score (nSPS) is 19.2. The van der Waals surface area contributed by atoms with E-state index in [-0.39, 0.29) is 16.3 Å². The zero-order chi connectivity index (χ0) is 25.9. The third-order valence-corrected chi connectivity index (χ3v) is 8.18. The van der Waals surface area contributed by atoms with Crippen molar-refractivity contribution < 1.29 is 13.0 Å². The predicted octanol–water partition coefficient (Wildman–Crippen LogP) is 3.15. The van der Waals surface area contributed by atoms with Crippen molar-refractivity contribution in [2.75, 3.05) is 29.4 Å². The maximum absolute atomic E-state index is 14.0. The van der Waals surface area contributed by atoms with Crippen molar-refractivity contribution in [1.29, 1.82) is 0 Å². The van der Waals surface area contributed by atoms with Crippen molar-refractivity contribution in [3.05, 3.63) is 59.7 Å². The molecule has 2 unspecified atom stereocenters. The van der Waals surface area contributed by atoms with Gasteiger partial charge in [-0.05, 0) is 31.9 Å². The van der Waals surface area contributed by atoms with Gasteiger partial charge < -0.3 is 9.80 Å². The van der Waals surface area contributed by atoms with E-state index in [9.17, 15) is 13.0 Å². The Morgan fingerprint density at radius 1 is 1.11 bits per heavy atom. The van der Waals surface area contributed by atoms with Gasteiger partial charge in [-0.2, -0.15) is 4.09 Å².